The van der Waals surface area contributed by atoms with Crippen molar-refractivity contribution >= 4 is 17.9 Å². The van der Waals surface area contributed by atoms with Crippen LogP contribution in [0.2, 0.25) is 0 Å². The fourth-order valence-electron chi connectivity index (χ4n) is 2.35. The van der Waals surface area contributed by atoms with E-state index in [-0.39, 0.29) is 0 Å². The van der Waals surface area contributed by atoms with Gasteiger partial charge in [0.25, 0.3) is 0 Å². The van der Waals surface area contributed by atoms with Crippen LogP contribution in [0.25, 0.3) is 0 Å². The number of pyridine rings is 1. The number of aromatic nitrogens is 1. The van der Waals surface area contributed by atoms with Crippen LogP contribution in [0.5, 0.6) is 0 Å². The van der Waals surface area contributed by atoms with Crippen LogP contribution in [0.15, 0.2) is 12.3 Å². The highest BCUT2D eigenvalue weighted by Gasteiger charge is 2.13. The lowest BCUT2D eigenvalue weighted by molar-refractivity contribution is 0.620. The largest absolute Gasteiger partial charge is 0.381 e. The van der Waals surface area contributed by atoms with Gasteiger partial charge in [0.15, 0.2) is 0 Å². The third-order valence-electron chi connectivity index (χ3n) is 3.29. The second-order valence-corrected chi connectivity index (χ2v) is 4.95. The molecule has 3 nitrogen and oxygen atoms in total. The maximum atomic E-state index is 9.11. The minimum atomic E-state index is 0.487. The van der Waals surface area contributed by atoms with E-state index in [2.05, 4.69) is 16.4 Å². The van der Waals surface area contributed by atoms with Gasteiger partial charge in [0.1, 0.15) is 16.3 Å². The number of nitrogens with one attached hydrogen (secondary N) is 2. The number of rotatable bonds is 2. The van der Waals surface area contributed by atoms with Crippen LogP contribution in [0, 0.1) is 16.0 Å². The molecule has 1 aromatic heterocycles. The Hall–Kier alpha value is -1.34. The van der Waals surface area contributed by atoms with Crippen molar-refractivity contribution < 1.29 is 0 Å². The molecular formula is C13H17N3S. The van der Waals surface area contributed by atoms with Crippen LogP contribution in [0.1, 0.15) is 44.1 Å². The molecule has 1 saturated carbocycles. The summed E-state index contributed by atoms with van der Waals surface area (Å²) >= 11 is 5.12. The summed E-state index contributed by atoms with van der Waals surface area (Å²) in [6.07, 6.45) is 9.39. The first-order valence-corrected chi connectivity index (χ1v) is 6.60. The van der Waals surface area contributed by atoms with Gasteiger partial charge in [-0.3, -0.25) is 0 Å². The van der Waals surface area contributed by atoms with Gasteiger partial charge in [-0.15, -0.1) is 0 Å². The lowest BCUT2D eigenvalue weighted by Crippen LogP contribution is -2.19. The minimum Gasteiger partial charge on any atom is -0.381 e. The van der Waals surface area contributed by atoms with Gasteiger partial charge in [-0.2, -0.15) is 5.26 Å². The molecule has 2 N–H and O–H groups in total. The molecule has 0 saturated heterocycles. The fourth-order valence-corrected chi connectivity index (χ4v) is 2.58. The van der Waals surface area contributed by atoms with E-state index in [1.807, 2.05) is 6.07 Å². The molecule has 0 unspecified atom stereocenters. The molecule has 0 atom stereocenters. The predicted molar refractivity (Wildman–Crippen MR) is 71.5 cm³/mol. The standard InChI is InChI=1S/C13H17N3S/c14-9-11-12(7-8-15-13(11)17)16-10-5-3-1-2-4-6-10/h7-8,10H,1-6H2,(H2,15,16,17). The maximum absolute atomic E-state index is 9.11. The summed E-state index contributed by atoms with van der Waals surface area (Å²) in [5.41, 5.74) is 1.44. The fraction of sp³-hybridized carbons (Fsp3) is 0.538. The van der Waals surface area contributed by atoms with Crippen molar-refractivity contribution in [3.05, 3.63) is 22.5 Å². The number of nitrogens with zero attached hydrogens (tertiary/aromatic N) is 1. The van der Waals surface area contributed by atoms with Gasteiger partial charge in [0, 0.05) is 12.2 Å². The highest BCUT2D eigenvalue weighted by Crippen LogP contribution is 2.22. The summed E-state index contributed by atoms with van der Waals surface area (Å²) in [6.45, 7) is 0. The molecular weight excluding hydrogens is 230 g/mol. The first-order valence-electron chi connectivity index (χ1n) is 6.19. The Morgan fingerprint density at radius 2 is 2.00 bits per heavy atom. The zero-order valence-electron chi connectivity index (χ0n) is 9.83. The molecule has 0 aliphatic heterocycles. The second-order valence-electron chi connectivity index (χ2n) is 4.54. The van der Waals surface area contributed by atoms with E-state index < -0.39 is 0 Å². The van der Waals surface area contributed by atoms with E-state index in [1.54, 1.807) is 6.20 Å². The quantitative estimate of drug-likeness (QED) is 0.618. The molecule has 1 aliphatic rings. The Labute approximate surface area is 107 Å². The summed E-state index contributed by atoms with van der Waals surface area (Å²) in [5.74, 6) is 0. The summed E-state index contributed by atoms with van der Waals surface area (Å²) in [4.78, 5) is 2.89. The average Bonchev–Trinajstić information content (AvgIpc) is 2.58. The van der Waals surface area contributed by atoms with Gasteiger partial charge in [0.2, 0.25) is 0 Å². The van der Waals surface area contributed by atoms with E-state index in [9.17, 15) is 0 Å². The number of H-pyrrole nitrogens is 1. The monoisotopic (exact) mass is 247 g/mol. The molecule has 0 aromatic carbocycles. The first-order chi connectivity index (χ1) is 8.31. The molecule has 0 amide bonds. The molecule has 0 spiro atoms. The Morgan fingerprint density at radius 3 is 2.65 bits per heavy atom. The van der Waals surface area contributed by atoms with Crippen molar-refractivity contribution in [3.63, 3.8) is 0 Å². The van der Waals surface area contributed by atoms with Gasteiger partial charge >= 0.3 is 0 Å². The summed E-state index contributed by atoms with van der Waals surface area (Å²) in [5, 5.41) is 12.6. The molecule has 1 aromatic rings. The summed E-state index contributed by atoms with van der Waals surface area (Å²) in [7, 11) is 0. The molecule has 0 bridgehead atoms. The van der Waals surface area contributed by atoms with Gasteiger partial charge in [0.05, 0.1) is 5.69 Å². The molecule has 0 radical (unpaired) electrons. The zero-order valence-corrected chi connectivity index (χ0v) is 10.6. The van der Waals surface area contributed by atoms with E-state index in [4.69, 9.17) is 17.5 Å². The number of hydrogen-bond donors (Lipinski definition) is 2. The molecule has 4 heteroatoms. The molecule has 1 fully saturated rings. The van der Waals surface area contributed by atoms with Crippen LogP contribution in [-0.2, 0) is 0 Å². The Morgan fingerprint density at radius 1 is 1.29 bits per heavy atom. The third kappa shape index (κ3) is 3.07. The smallest absolute Gasteiger partial charge is 0.123 e. The Bertz CT molecular complexity index is 464. The van der Waals surface area contributed by atoms with Crippen molar-refractivity contribution in [1.82, 2.24) is 4.98 Å². The summed E-state index contributed by atoms with van der Waals surface area (Å²) < 4.78 is 0.520. The Kier molecular flexibility index (Phi) is 4.16. The van der Waals surface area contributed by atoms with Crippen molar-refractivity contribution in [3.8, 4) is 6.07 Å². The van der Waals surface area contributed by atoms with E-state index in [0.29, 0.717) is 16.2 Å². The van der Waals surface area contributed by atoms with Crippen molar-refractivity contribution in [2.75, 3.05) is 5.32 Å². The number of nitriles is 1. The highest BCUT2D eigenvalue weighted by molar-refractivity contribution is 7.71. The van der Waals surface area contributed by atoms with E-state index >= 15 is 0 Å². The molecule has 1 heterocycles. The number of hydrogen-bond acceptors (Lipinski definition) is 3. The van der Waals surface area contributed by atoms with E-state index in [1.165, 1.54) is 38.5 Å². The van der Waals surface area contributed by atoms with Crippen molar-refractivity contribution in [1.29, 1.82) is 5.26 Å². The zero-order chi connectivity index (χ0) is 12.1. The Balaban J connectivity index is 2.15. The van der Waals surface area contributed by atoms with Gasteiger partial charge in [-0.1, -0.05) is 37.9 Å². The topological polar surface area (TPSA) is 51.6 Å². The SMILES string of the molecule is N#Cc1c(NC2CCCCCC2)cc[nH]c1=S. The highest BCUT2D eigenvalue weighted by atomic mass is 32.1. The third-order valence-corrected chi connectivity index (χ3v) is 3.61. The number of anilines is 1. The molecule has 1 aliphatic carbocycles. The van der Waals surface area contributed by atoms with Crippen LogP contribution in [0.3, 0.4) is 0 Å². The van der Waals surface area contributed by atoms with Crippen LogP contribution in [-0.4, -0.2) is 11.0 Å². The van der Waals surface area contributed by atoms with Crippen molar-refractivity contribution in [2.24, 2.45) is 0 Å². The average molecular weight is 247 g/mol. The lowest BCUT2D eigenvalue weighted by atomic mass is 10.1. The predicted octanol–water partition coefficient (Wildman–Crippen LogP) is 3.75. The molecule has 90 valence electrons. The number of aromatic amines is 1. The van der Waals surface area contributed by atoms with Crippen LogP contribution >= 0.6 is 12.2 Å². The second kappa shape index (κ2) is 5.83. The van der Waals surface area contributed by atoms with Gasteiger partial charge in [-0.05, 0) is 18.9 Å². The van der Waals surface area contributed by atoms with Gasteiger partial charge < -0.3 is 10.3 Å². The molecule has 2 rings (SSSR count). The van der Waals surface area contributed by atoms with Crippen molar-refractivity contribution in [2.45, 2.75) is 44.6 Å². The summed E-state index contributed by atoms with van der Waals surface area (Å²) in [6, 6.07) is 4.56. The van der Waals surface area contributed by atoms with Crippen LogP contribution < -0.4 is 5.32 Å². The normalized spacial score (nSPS) is 17.1. The van der Waals surface area contributed by atoms with Gasteiger partial charge in [-0.25, -0.2) is 0 Å². The van der Waals surface area contributed by atoms with E-state index in [0.717, 1.165) is 5.69 Å². The first kappa shape index (κ1) is 12.1. The maximum Gasteiger partial charge on any atom is 0.123 e. The molecule has 17 heavy (non-hydrogen) atoms. The van der Waals surface area contributed by atoms with Crippen LogP contribution in [0.4, 0.5) is 5.69 Å². The lowest BCUT2D eigenvalue weighted by Gasteiger charge is -2.18. The minimum absolute atomic E-state index is 0.487.